The Morgan fingerprint density at radius 3 is 2.06 bits per heavy atom. The lowest BCUT2D eigenvalue weighted by Crippen LogP contribution is -2.47. The van der Waals surface area contributed by atoms with E-state index in [1.54, 1.807) is 0 Å². The van der Waals surface area contributed by atoms with E-state index in [2.05, 4.69) is 52.3 Å². The van der Waals surface area contributed by atoms with Crippen molar-refractivity contribution in [3.05, 3.63) is 107 Å². The summed E-state index contributed by atoms with van der Waals surface area (Å²) >= 11 is 6.19. The van der Waals surface area contributed by atoms with Gasteiger partial charge in [0.05, 0.1) is 5.41 Å². The summed E-state index contributed by atoms with van der Waals surface area (Å²) < 4.78 is 0. The van der Waals surface area contributed by atoms with Gasteiger partial charge in [-0.05, 0) is 41.2 Å². The van der Waals surface area contributed by atoms with Gasteiger partial charge in [0.15, 0.2) is 0 Å². The van der Waals surface area contributed by atoms with Gasteiger partial charge >= 0.3 is 0 Å². The molecule has 1 heterocycles. The highest BCUT2D eigenvalue weighted by Gasteiger charge is 2.61. The smallest absolute Gasteiger partial charge is 0.233 e. The molecule has 2 aliphatic rings. The van der Waals surface area contributed by atoms with Crippen LogP contribution >= 0.6 is 11.6 Å². The molecular weight excluding hydrogens is 454 g/mol. The van der Waals surface area contributed by atoms with Crippen LogP contribution in [0.3, 0.4) is 0 Å². The number of hydrogen-bond donors (Lipinski definition) is 0. The summed E-state index contributed by atoms with van der Waals surface area (Å²) in [5.41, 5.74) is 3.17. The van der Waals surface area contributed by atoms with Gasteiger partial charge in [0.2, 0.25) is 5.91 Å². The number of likely N-dealkylation sites (N-methyl/N-ethyl adjacent to an activating group) is 1. The first-order valence-corrected chi connectivity index (χ1v) is 13.0. The van der Waals surface area contributed by atoms with E-state index in [1.165, 1.54) is 5.56 Å². The van der Waals surface area contributed by atoms with E-state index in [1.807, 2.05) is 54.4 Å². The third-order valence-corrected chi connectivity index (χ3v) is 7.90. The molecule has 0 radical (unpaired) electrons. The van der Waals surface area contributed by atoms with Gasteiger partial charge in [-0.1, -0.05) is 84.4 Å². The van der Waals surface area contributed by atoms with Crippen molar-refractivity contribution < 1.29 is 4.79 Å². The third-order valence-electron chi connectivity index (χ3n) is 7.65. The summed E-state index contributed by atoms with van der Waals surface area (Å²) in [6, 6.07) is 28.9. The molecule has 3 aromatic carbocycles. The van der Waals surface area contributed by atoms with E-state index in [-0.39, 0.29) is 5.91 Å². The van der Waals surface area contributed by atoms with Gasteiger partial charge in [-0.15, -0.1) is 0 Å². The predicted molar refractivity (Wildman–Crippen MR) is 142 cm³/mol. The molecule has 0 N–H and O–H groups in total. The van der Waals surface area contributed by atoms with Crippen molar-refractivity contribution in [2.24, 2.45) is 5.92 Å². The highest BCUT2D eigenvalue weighted by atomic mass is 35.5. The highest BCUT2D eigenvalue weighted by molar-refractivity contribution is 6.30. The summed E-state index contributed by atoms with van der Waals surface area (Å²) in [5, 5.41) is 0.709. The zero-order chi connectivity index (χ0) is 24.3. The Balaban J connectivity index is 1.25. The SMILES string of the molecule is CN(Cc1ccccc1)C(=O)C1(c2ccc(Cl)cc2)CC1CN1CCN(Cc2ccccc2)CC1. The van der Waals surface area contributed by atoms with Gasteiger partial charge in [-0.25, -0.2) is 0 Å². The van der Waals surface area contributed by atoms with E-state index in [0.29, 0.717) is 17.5 Å². The first-order valence-electron chi connectivity index (χ1n) is 12.6. The van der Waals surface area contributed by atoms with Crippen molar-refractivity contribution in [3.8, 4) is 0 Å². The summed E-state index contributed by atoms with van der Waals surface area (Å²) in [7, 11) is 1.94. The summed E-state index contributed by atoms with van der Waals surface area (Å²) in [4.78, 5) is 20.9. The average molecular weight is 488 g/mol. The van der Waals surface area contributed by atoms with Crippen LogP contribution < -0.4 is 0 Å². The fraction of sp³-hybridized carbons (Fsp3) is 0.367. The number of amides is 1. The molecule has 5 rings (SSSR count). The van der Waals surface area contributed by atoms with Crippen molar-refractivity contribution in [2.45, 2.75) is 24.9 Å². The van der Waals surface area contributed by atoms with Crippen molar-refractivity contribution in [1.82, 2.24) is 14.7 Å². The van der Waals surface area contributed by atoms with Gasteiger partial charge in [-0.2, -0.15) is 0 Å². The maximum Gasteiger partial charge on any atom is 0.233 e. The van der Waals surface area contributed by atoms with Crippen molar-refractivity contribution in [2.75, 3.05) is 39.8 Å². The Hall–Kier alpha value is -2.66. The molecule has 2 fully saturated rings. The van der Waals surface area contributed by atoms with Crippen molar-refractivity contribution in [1.29, 1.82) is 0 Å². The lowest BCUT2D eigenvalue weighted by Gasteiger charge is -2.35. The topological polar surface area (TPSA) is 26.8 Å². The molecule has 4 nitrogen and oxygen atoms in total. The molecule has 1 saturated carbocycles. The quantitative estimate of drug-likeness (QED) is 0.443. The summed E-state index contributed by atoms with van der Waals surface area (Å²) in [5.74, 6) is 0.548. The minimum absolute atomic E-state index is 0.219. The lowest BCUT2D eigenvalue weighted by atomic mass is 9.91. The van der Waals surface area contributed by atoms with Crippen LogP contribution in [0, 0.1) is 5.92 Å². The molecule has 182 valence electrons. The van der Waals surface area contributed by atoms with E-state index in [9.17, 15) is 4.79 Å². The molecule has 0 spiro atoms. The molecule has 1 saturated heterocycles. The molecule has 1 aliphatic heterocycles. The minimum atomic E-state index is -0.449. The van der Waals surface area contributed by atoms with Crippen LogP contribution in [0.25, 0.3) is 0 Å². The maximum atomic E-state index is 13.9. The Morgan fingerprint density at radius 1 is 0.857 bits per heavy atom. The molecule has 5 heteroatoms. The standard InChI is InChI=1S/C30H34ClN3O/c1-32(21-24-8-4-2-5-9-24)29(35)30(26-12-14-28(31)15-13-26)20-27(30)23-34-18-16-33(17-19-34)22-25-10-6-3-7-11-25/h2-15,27H,16-23H2,1H3. The fourth-order valence-corrected chi connectivity index (χ4v) is 5.72. The number of carbonyl (C=O) groups is 1. The molecule has 0 bridgehead atoms. The molecule has 3 aromatic rings. The molecule has 1 amide bonds. The number of benzene rings is 3. The van der Waals surface area contributed by atoms with Crippen molar-refractivity contribution >= 4 is 17.5 Å². The Morgan fingerprint density at radius 2 is 1.43 bits per heavy atom. The summed E-state index contributed by atoms with van der Waals surface area (Å²) in [6.45, 7) is 6.83. The molecule has 0 aromatic heterocycles. The van der Waals surface area contributed by atoms with Crippen LogP contribution in [0.2, 0.25) is 5.02 Å². The van der Waals surface area contributed by atoms with Gasteiger partial charge in [0.1, 0.15) is 0 Å². The highest BCUT2D eigenvalue weighted by Crippen LogP contribution is 2.56. The van der Waals surface area contributed by atoms with Gasteiger partial charge in [-0.3, -0.25) is 9.69 Å². The third kappa shape index (κ3) is 5.45. The first kappa shape index (κ1) is 24.1. The number of rotatable bonds is 8. The van der Waals surface area contributed by atoms with E-state index < -0.39 is 5.41 Å². The Labute approximate surface area is 214 Å². The monoisotopic (exact) mass is 487 g/mol. The second kappa shape index (κ2) is 10.5. The van der Waals surface area contributed by atoms with Crippen LogP contribution in [0.1, 0.15) is 23.1 Å². The number of piperazine rings is 1. The van der Waals surface area contributed by atoms with Crippen LogP contribution in [0.5, 0.6) is 0 Å². The second-order valence-electron chi connectivity index (χ2n) is 10.1. The average Bonchev–Trinajstić information content (AvgIpc) is 3.61. The normalized spacial score (nSPS) is 22.6. The van der Waals surface area contributed by atoms with Gasteiger partial charge < -0.3 is 9.80 Å². The lowest BCUT2D eigenvalue weighted by molar-refractivity contribution is -0.133. The fourth-order valence-electron chi connectivity index (χ4n) is 5.59. The van der Waals surface area contributed by atoms with Crippen molar-refractivity contribution in [3.63, 3.8) is 0 Å². The second-order valence-corrected chi connectivity index (χ2v) is 10.5. The number of carbonyl (C=O) groups excluding carboxylic acids is 1. The van der Waals surface area contributed by atoms with Crippen LogP contribution in [-0.4, -0.2) is 60.4 Å². The zero-order valence-electron chi connectivity index (χ0n) is 20.4. The maximum absolute atomic E-state index is 13.9. The van der Waals surface area contributed by atoms with E-state index >= 15 is 0 Å². The number of halogens is 1. The number of hydrogen-bond acceptors (Lipinski definition) is 3. The predicted octanol–water partition coefficient (Wildman–Crippen LogP) is 5.07. The van der Waals surface area contributed by atoms with E-state index in [0.717, 1.165) is 56.8 Å². The van der Waals surface area contributed by atoms with Gasteiger partial charge in [0, 0.05) is 57.9 Å². The Bertz CT molecular complexity index is 1110. The Kier molecular flexibility index (Phi) is 7.24. The molecule has 1 aliphatic carbocycles. The van der Waals surface area contributed by atoms with Gasteiger partial charge in [0.25, 0.3) is 0 Å². The number of nitrogens with zero attached hydrogens (tertiary/aromatic N) is 3. The van der Waals surface area contributed by atoms with Crippen LogP contribution in [0.4, 0.5) is 0 Å². The first-order chi connectivity index (χ1) is 17.0. The molecule has 2 unspecified atom stereocenters. The minimum Gasteiger partial charge on any atom is -0.341 e. The molecule has 35 heavy (non-hydrogen) atoms. The molecular formula is C30H34ClN3O. The van der Waals surface area contributed by atoms with Crippen LogP contribution in [-0.2, 0) is 23.3 Å². The zero-order valence-corrected chi connectivity index (χ0v) is 21.2. The molecule has 2 atom stereocenters. The largest absolute Gasteiger partial charge is 0.341 e. The summed E-state index contributed by atoms with van der Waals surface area (Å²) in [6.07, 6.45) is 0.900. The van der Waals surface area contributed by atoms with E-state index in [4.69, 9.17) is 11.6 Å². The van der Waals surface area contributed by atoms with Crippen LogP contribution in [0.15, 0.2) is 84.9 Å².